The molecule has 2 atom stereocenters. The van der Waals surface area contributed by atoms with Gasteiger partial charge in [0.2, 0.25) is 0 Å². The van der Waals surface area contributed by atoms with Gasteiger partial charge in [0.05, 0.1) is 19.8 Å². The lowest BCUT2D eigenvalue weighted by Gasteiger charge is -2.27. The summed E-state index contributed by atoms with van der Waals surface area (Å²) in [4.78, 5) is 0. The summed E-state index contributed by atoms with van der Waals surface area (Å²) in [5.41, 5.74) is 0.474. The number of benzene rings is 2. The van der Waals surface area contributed by atoms with Gasteiger partial charge in [-0.1, -0.05) is 12.1 Å². The molecule has 0 saturated carbocycles. The molecule has 0 aliphatic heterocycles. The Kier molecular flexibility index (Phi) is 5.80. The highest BCUT2D eigenvalue weighted by Crippen LogP contribution is 2.30. The van der Waals surface area contributed by atoms with E-state index in [2.05, 4.69) is 5.32 Å². The molecule has 0 amide bonds. The molecule has 2 N–H and O–H groups in total. The van der Waals surface area contributed by atoms with E-state index in [9.17, 15) is 9.50 Å². The number of aliphatic hydroxyl groups is 1. The summed E-state index contributed by atoms with van der Waals surface area (Å²) in [7, 11) is 3.23. The molecule has 0 fully saturated rings. The average molecular weight is 333 g/mol. The van der Waals surface area contributed by atoms with Gasteiger partial charge in [0.1, 0.15) is 17.3 Å². The molecular formula is C19H24FNO3. The van der Waals surface area contributed by atoms with Gasteiger partial charge in [-0.05, 0) is 49.7 Å². The van der Waals surface area contributed by atoms with Gasteiger partial charge in [0, 0.05) is 18.2 Å². The quantitative estimate of drug-likeness (QED) is 0.815. The van der Waals surface area contributed by atoms with Crippen molar-refractivity contribution in [1.82, 2.24) is 5.32 Å². The minimum Gasteiger partial charge on any atom is -0.497 e. The molecular weight excluding hydrogens is 309 g/mol. The van der Waals surface area contributed by atoms with Crippen LogP contribution in [0.2, 0.25) is 0 Å². The van der Waals surface area contributed by atoms with Crippen molar-refractivity contribution in [2.24, 2.45) is 0 Å². The van der Waals surface area contributed by atoms with Gasteiger partial charge < -0.3 is 19.9 Å². The maximum absolute atomic E-state index is 13.0. The smallest absolute Gasteiger partial charge is 0.123 e. The molecule has 2 rings (SSSR count). The van der Waals surface area contributed by atoms with Crippen LogP contribution in [0.5, 0.6) is 11.5 Å². The van der Waals surface area contributed by atoms with Crippen LogP contribution in [-0.2, 0) is 5.60 Å². The van der Waals surface area contributed by atoms with Gasteiger partial charge >= 0.3 is 0 Å². The second-order valence-corrected chi connectivity index (χ2v) is 5.99. The Morgan fingerprint density at radius 2 is 1.79 bits per heavy atom. The van der Waals surface area contributed by atoms with E-state index < -0.39 is 5.60 Å². The highest BCUT2D eigenvalue weighted by molar-refractivity contribution is 5.42. The second-order valence-electron chi connectivity index (χ2n) is 5.99. The zero-order valence-corrected chi connectivity index (χ0v) is 14.5. The van der Waals surface area contributed by atoms with Gasteiger partial charge in [-0.3, -0.25) is 0 Å². The van der Waals surface area contributed by atoms with Crippen molar-refractivity contribution in [3.8, 4) is 11.5 Å². The Morgan fingerprint density at radius 1 is 1.12 bits per heavy atom. The number of hydrogen-bond acceptors (Lipinski definition) is 4. The lowest BCUT2D eigenvalue weighted by atomic mass is 9.95. The van der Waals surface area contributed by atoms with Crippen molar-refractivity contribution in [2.75, 3.05) is 20.8 Å². The zero-order chi connectivity index (χ0) is 17.7. The van der Waals surface area contributed by atoms with Crippen LogP contribution in [0.1, 0.15) is 31.0 Å². The summed E-state index contributed by atoms with van der Waals surface area (Å²) in [6.07, 6.45) is 0. The Hall–Kier alpha value is -2.11. The molecule has 2 aromatic rings. The monoisotopic (exact) mass is 333 g/mol. The summed E-state index contributed by atoms with van der Waals surface area (Å²) in [5.74, 6) is 1.17. The molecule has 5 heteroatoms. The minimum atomic E-state index is -1.12. The van der Waals surface area contributed by atoms with Crippen molar-refractivity contribution >= 4 is 0 Å². The van der Waals surface area contributed by atoms with Crippen LogP contribution in [-0.4, -0.2) is 25.9 Å². The summed E-state index contributed by atoms with van der Waals surface area (Å²) in [6, 6.07) is 11.4. The number of methoxy groups -OCH3 is 2. The molecule has 2 aromatic carbocycles. The maximum atomic E-state index is 13.0. The Balaban J connectivity index is 2.12. The first kappa shape index (κ1) is 18.2. The van der Waals surface area contributed by atoms with E-state index in [-0.39, 0.29) is 11.9 Å². The van der Waals surface area contributed by atoms with Crippen molar-refractivity contribution in [2.45, 2.75) is 25.5 Å². The van der Waals surface area contributed by atoms with Crippen molar-refractivity contribution in [1.29, 1.82) is 0 Å². The van der Waals surface area contributed by atoms with Crippen LogP contribution in [0, 0.1) is 5.82 Å². The van der Waals surface area contributed by atoms with Gasteiger partial charge in [-0.15, -0.1) is 0 Å². The first-order valence-electron chi connectivity index (χ1n) is 7.81. The summed E-state index contributed by atoms with van der Waals surface area (Å²) in [6.45, 7) is 3.99. The fourth-order valence-corrected chi connectivity index (χ4v) is 2.55. The van der Waals surface area contributed by atoms with Crippen LogP contribution in [0.3, 0.4) is 0 Å². The van der Waals surface area contributed by atoms with Crippen molar-refractivity contribution in [3.63, 3.8) is 0 Å². The average Bonchev–Trinajstić information content (AvgIpc) is 2.59. The van der Waals surface area contributed by atoms with Gasteiger partial charge in [-0.25, -0.2) is 4.39 Å². The van der Waals surface area contributed by atoms with E-state index in [4.69, 9.17) is 9.47 Å². The Bertz CT molecular complexity index is 671. The van der Waals surface area contributed by atoms with E-state index in [0.717, 1.165) is 17.1 Å². The normalized spacial score (nSPS) is 14.8. The van der Waals surface area contributed by atoms with Crippen LogP contribution >= 0.6 is 0 Å². The zero-order valence-electron chi connectivity index (χ0n) is 14.5. The Morgan fingerprint density at radius 3 is 2.38 bits per heavy atom. The number of rotatable bonds is 7. The molecule has 0 heterocycles. The SMILES string of the molecule is COc1ccc(OC)c(C(C)NCC(C)(O)c2ccc(F)cc2)c1. The number of ether oxygens (including phenoxy) is 2. The van der Waals surface area contributed by atoms with E-state index in [0.29, 0.717) is 12.1 Å². The fraction of sp³-hybridized carbons (Fsp3) is 0.368. The molecule has 0 spiro atoms. The third-order valence-electron chi connectivity index (χ3n) is 4.12. The molecule has 0 saturated heterocycles. The molecule has 0 radical (unpaired) electrons. The minimum absolute atomic E-state index is 0.0676. The standard InChI is InChI=1S/C19H24FNO3/c1-13(17-11-16(23-3)9-10-18(17)24-4)21-12-19(2,22)14-5-7-15(20)8-6-14/h5-11,13,21-22H,12H2,1-4H3. The first-order chi connectivity index (χ1) is 11.4. The highest BCUT2D eigenvalue weighted by atomic mass is 19.1. The van der Waals surface area contributed by atoms with Gasteiger partial charge in [0.25, 0.3) is 0 Å². The molecule has 2 unspecified atom stereocenters. The molecule has 0 aromatic heterocycles. The molecule has 0 aliphatic rings. The summed E-state index contributed by atoms with van der Waals surface area (Å²) < 4.78 is 23.7. The van der Waals surface area contributed by atoms with E-state index in [1.54, 1.807) is 33.3 Å². The number of halogens is 1. The first-order valence-corrected chi connectivity index (χ1v) is 7.81. The predicted molar refractivity (Wildman–Crippen MR) is 91.9 cm³/mol. The number of hydrogen-bond donors (Lipinski definition) is 2. The molecule has 130 valence electrons. The van der Waals surface area contributed by atoms with Gasteiger partial charge in [0.15, 0.2) is 0 Å². The van der Waals surface area contributed by atoms with Crippen molar-refractivity contribution < 1.29 is 19.0 Å². The van der Waals surface area contributed by atoms with Crippen LogP contribution in [0.25, 0.3) is 0 Å². The van der Waals surface area contributed by atoms with E-state index >= 15 is 0 Å². The van der Waals surface area contributed by atoms with E-state index in [1.165, 1.54) is 12.1 Å². The maximum Gasteiger partial charge on any atom is 0.123 e. The second kappa shape index (κ2) is 7.64. The van der Waals surface area contributed by atoms with Crippen LogP contribution in [0.15, 0.2) is 42.5 Å². The molecule has 0 aliphatic carbocycles. The third kappa shape index (κ3) is 4.24. The van der Waals surface area contributed by atoms with E-state index in [1.807, 2.05) is 25.1 Å². The van der Waals surface area contributed by atoms with Crippen LogP contribution < -0.4 is 14.8 Å². The fourth-order valence-electron chi connectivity index (χ4n) is 2.55. The van der Waals surface area contributed by atoms with Crippen LogP contribution in [0.4, 0.5) is 4.39 Å². The third-order valence-corrected chi connectivity index (χ3v) is 4.12. The lowest BCUT2D eigenvalue weighted by Crippen LogP contribution is -2.36. The largest absolute Gasteiger partial charge is 0.497 e. The lowest BCUT2D eigenvalue weighted by molar-refractivity contribution is 0.0542. The summed E-state index contributed by atoms with van der Waals surface area (Å²) >= 11 is 0. The molecule has 4 nitrogen and oxygen atoms in total. The predicted octanol–water partition coefficient (Wildman–Crippen LogP) is 3.40. The summed E-state index contributed by atoms with van der Waals surface area (Å²) in [5, 5.41) is 14.0. The van der Waals surface area contributed by atoms with Crippen molar-refractivity contribution in [3.05, 3.63) is 59.4 Å². The Labute approximate surface area is 142 Å². The molecule has 0 bridgehead atoms. The van der Waals surface area contributed by atoms with Gasteiger partial charge in [-0.2, -0.15) is 0 Å². The highest BCUT2D eigenvalue weighted by Gasteiger charge is 2.24. The number of nitrogens with one attached hydrogen (secondary N) is 1. The topological polar surface area (TPSA) is 50.7 Å². The molecule has 24 heavy (non-hydrogen) atoms.